The van der Waals surface area contributed by atoms with Crippen molar-refractivity contribution in [2.24, 2.45) is 0 Å². The van der Waals surface area contributed by atoms with Crippen molar-refractivity contribution in [1.29, 1.82) is 0 Å². The van der Waals surface area contributed by atoms with Crippen molar-refractivity contribution >= 4 is 33.3 Å². The fourth-order valence-electron chi connectivity index (χ4n) is 3.71. The number of aromatic nitrogens is 2. The van der Waals surface area contributed by atoms with Crippen LogP contribution in [-0.4, -0.2) is 46.5 Å². The van der Waals surface area contributed by atoms with Crippen LogP contribution in [0.3, 0.4) is 0 Å². The molecule has 2 aromatic heterocycles. The summed E-state index contributed by atoms with van der Waals surface area (Å²) in [4.78, 5) is 28.4. The molecule has 6 heteroatoms. The predicted molar refractivity (Wildman–Crippen MR) is 110 cm³/mol. The number of thiophene rings is 1. The maximum Gasteiger partial charge on any atom is 0.227 e. The summed E-state index contributed by atoms with van der Waals surface area (Å²) >= 11 is 1.74. The molecular formula is C21H24N4OS. The first kappa shape index (κ1) is 17.9. The lowest BCUT2D eigenvalue weighted by atomic mass is 10.1. The smallest absolute Gasteiger partial charge is 0.227 e. The molecule has 0 aliphatic carbocycles. The standard InChI is InChI=1S/C21H24N4OS/c1-3-17-12-18-20(22-14-23-21(18)27-17)24-9-10-25(15(2)13-24)19(26)11-16-7-5-4-6-8-16/h4-8,12,14-15H,3,9-11,13H2,1-2H3. The Kier molecular flexibility index (Phi) is 5.07. The molecule has 1 atom stereocenters. The number of nitrogens with zero attached hydrogens (tertiary/aromatic N) is 4. The molecule has 0 radical (unpaired) electrons. The van der Waals surface area contributed by atoms with Crippen LogP contribution in [0.1, 0.15) is 24.3 Å². The van der Waals surface area contributed by atoms with Gasteiger partial charge in [-0.25, -0.2) is 9.97 Å². The highest BCUT2D eigenvalue weighted by Gasteiger charge is 2.29. The second kappa shape index (κ2) is 7.64. The summed E-state index contributed by atoms with van der Waals surface area (Å²) in [6.07, 6.45) is 3.14. The minimum atomic E-state index is 0.157. The van der Waals surface area contributed by atoms with E-state index in [1.54, 1.807) is 17.7 Å². The fraction of sp³-hybridized carbons (Fsp3) is 0.381. The van der Waals surface area contributed by atoms with Crippen molar-refractivity contribution in [1.82, 2.24) is 14.9 Å². The van der Waals surface area contributed by atoms with Crippen molar-refractivity contribution < 1.29 is 4.79 Å². The van der Waals surface area contributed by atoms with Crippen molar-refractivity contribution in [3.05, 3.63) is 53.2 Å². The van der Waals surface area contributed by atoms with Crippen LogP contribution in [-0.2, 0) is 17.6 Å². The Hall–Kier alpha value is -2.47. The van der Waals surface area contributed by atoms with Crippen LogP contribution in [0.2, 0.25) is 0 Å². The van der Waals surface area contributed by atoms with Crippen LogP contribution in [0.5, 0.6) is 0 Å². The van der Waals surface area contributed by atoms with Gasteiger partial charge in [-0.2, -0.15) is 0 Å². The zero-order valence-corrected chi connectivity index (χ0v) is 16.6. The molecule has 4 rings (SSSR count). The molecule has 3 heterocycles. The number of hydrogen-bond donors (Lipinski definition) is 0. The summed E-state index contributed by atoms with van der Waals surface area (Å²) < 4.78 is 0. The number of rotatable bonds is 4. The Balaban J connectivity index is 1.49. The molecule has 140 valence electrons. The number of amides is 1. The third-order valence-corrected chi connectivity index (χ3v) is 6.34. The van der Waals surface area contributed by atoms with Gasteiger partial charge in [0, 0.05) is 30.6 Å². The molecule has 27 heavy (non-hydrogen) atoms. The van der Waals surface area contributed by atoms with E-state index in [4.69, 9.17) is 0 Å². The zero-order chi connectivity index (χ0) is 18.8. The largest absolute Gasteiger partial charge is 0.352 e. The molecule has 1 aliphatic heterocycles. The van der Waals surface area contributed by atoms with Gasteiger partial charge in [0.2, 0.25) is 5.91 Å². The van der Waals surface area contributed by atoms with E-state index in [2.05, 4.69) is 34.8 Å². The number of aryl methyl sites for hydroxylation is 1. The van der Waals surface area contributed by atoms with Gasteiger partial charge >= 0.3 is 0 Å². The van der Waals surface area contributed by atoms with E-state index in [0.29, 0.717) is 6.42 Å². The van der Waals surface area contributed by atoms with Crippen LogP contribution in [0.15, 0.2) is 42.7 Å². The second-order valence-corrected chi connectivity index (χ2v) is 8.14. The minimum absolute atomic E-state index is 0.157. The summed E-state index contributed by atoms with van der Waals surface area (Å²) in [5.74, 6) is 1.20. The Morgan fingerprint density at radius 1 is 1.22 bits per heavy atom. The number of carbonyl (C=O) groups excluding carboxylic acids is 1. The molecule has 0 spiro atoms. The Labute approximate surface area is 163 Å². The monoisotopic (exact) mass is 380 g/mol. The number of anilines is 1. The Bertz CT molecular complexity index is 940. The Morgan fingerprint density at radius 3 is 2.78 bits per heavy atom. The molecule has 1 unspecified atom stereocenters. The van der Waals surface area contributed by atoms with E-state index >= 15 is 0 Å². The van der Waals surface area contributed by atoms with Crippen LogP contribution in [0, 0.1) is 0 Å². The van der Waals surface area contributed by atoms with E-state index in [9.17, 15) is 4.79 Å². The molecule has 0 N–H and O–H groups in total. The number of hydrogen-bond acceptors (Lipinski definition) is 5. The topological polar surface area (TPSA) is 49.3 Å². The van der Waals surface area contributed by atoms with Crippen molar-refractivity contribution in [2.75, 3.05) is 24.5 Å². The highest BCUT2D eigenvalue weighted by Crippen LogP contribution is 2.31. The average Bonchev–Trinajstić information content (AvgIpc) is 3.12. The minimum Gasteiger partial charge on any atom is -0.352 e. The molecule has 1 amide bonds. The summed E-state index contributed by atoms with van der Waals surface area (Å²) in [6, 6.07) is 12.3. The maximum atomic E-state index is 12.8. The lowest BCUT2D eigenvalue weighted by Gasteiger charge is -2.40. The second-order valence-electron chi connectivity index (χ2n) is 7.03. The quantitative estimate of drug-likeness (QED) is 0.695. The third-order valence-electron chi connectivity index (χ3n) is 5.15. The number of piperazine rings is 1. The molecular weight excluding hydrogens is 356 g/mol. The highest BCUT2D eigenvalue weighted by molar-refractivity contribution is 7.18. The molecule has 5 nitrogen and oxygen atoms in total. The maximum absolute atomic E-state index is 12.8. The molecule has 0 saturated carbocycles. The number of fused-ring (bicyclic) bond motifs is 1. The van der Waals surface area contributed by atoms with Gasteiger partial charge in [0.15, 0.2) is 0 Å². The van der Waals surface area contributed by atoms with Gasteiger partial charge in [-0.3, -0.25) is 4.79 Å². The van der Waals surface area contributed by atoms with Crippen molar-refractivity contribution in [2.45, 2.75) is 32.7 Å². The summed E-state index contributed by atoms with van der Waals surface area (Å²) in [6.45, 7) is 6.61. The first-order chi connectivity index (χ1) is 13.2. The van der Waals surface area contributed by atoms with Crippen LogP contribution < -0.4 is 4.90 Å². The van der Waals surface area contributed by atoms with E-state index in [1.807, 2.05) is 35.2 Å². The fourth-order valence-corrected chi connectivity index (χ4v) is 4.64. The Morgan fingerprint density at radius 2 is 2.04 bits per heavy atom. The first-order valence-corrected chi connectivity index (χ1v) is 10.3. The summed E-state index contributed by atoms with van der Waals surface area (Å²) in [7, 11) is 0. The van der Waals surface area contributed by atoms with E-state index in [-0.39, 0.29) is 11.9 Å². The van der Waals surface area contributed by atoms with E-state index in [0.717, 1.165) is 47.7 Å². The van der Waals surface area contributed by atoms with E-state index in [1.165, 1.54) is 4.88 Å². The predicted octanol–water partition coefficient (Wildman–Crippen LogP) is 3.53. The molecule has 1 saturated heterocycles. The lowest BCUT2D eigenvalue weighted by molar-refractivity contribution is -0.132. The molecule has 1 fully saturated rings. The van der Waals surface area contributed by atoms with Gasteiger partial charge in [0.25, 0.3) is 0 Å². The van der Waals surface area contributed by atoms with Gasteiger partial charge in [0.1, 0.15) is 17.0 Å². The molecule has 3 aromatic rings. The first-order valence-electron chi connectivity index (χ1n) is 9.47. The number of carbonyl (C=O) groups is 1. The van der Waals surface area contributed by atoms with E-state index < -0.39 is 0 Å². The summed E-state index contributed by atoms with van der Waals surface area (Å²) in [5.41, 5.74) is 1.07. The van der Waals surface area contributed by atoms with Gasteiger partial charge in [-0.05, 0) is 25.0 Å². The van der Waals surface area contributed by atoms with Crippen molar-refractivity contribution in [3.63, 3.8) is 0 Å². The van der Waals surface area contributed by atoms with Gasteiger partial charge in [-0.15, -0.1) is 11.3 Å². The molecule has 1 aliphatic rings. The van der Waals surface area contributed by atoms with Crippen LogP contribution >= 0.6 is 11.3 Å². The van der Waals surface area contributed by atoms with Gasteiger partial charge in [-0.1, -0.05) is 37.3 Å². The number of benzene rings is 1. The zero-order valence-electron chi connectivity index (χ0n) is 15.8. The highest BCUT2D eigenvalue weighted by atomic mass is 32.1. The van der Waals surface area contributed by atoms with Crippen molar-refractivity contribution in [3.8, 4) is 0 Å². The van der Waals surface area contributed by atoms with Crippen LogP contribution in [0.4, 0.5) is 5.82 Å². The third kappa shape index (κ3) is 3.67. The summed E-state index contributed by atoms with van der Waals surface area (Å²) in [5, 5.41) is 1.13. The van der Waals surface area contributed by atoms with Gasteiger partial charge in [0.05, 0.1) is 11.8 Å². The normalized spacial score (nSPS) is 17.5. The lowest BCUT2D eigenvalue weighted by Crippen LogP contribution is -2.54. The molecule has 0 bridgehead atoms. The van der Waals surface area contributed by atoms with Crippen LogP contribution in [0.25, 0.3) is 10.2 Å². The SMILES string of the molecule is CCc1cc2c(N3CCN(C(=O)Cc4ccccc4)C(C)C3)ncnc2s1. The average molecular weight is 381 g/mol. The van der Waals surface area contributed by atoms with Gasteiger partial charge < -0.3 is 9.80 Å². The molecule has 1 aromatic carbocycles.